The fourth-order valence-corrected chi connectivity index (χ4v) is 2.86. The minimum Gasteiger partial charge on any atom is -0.313 e. The maximum absolute atomic E-state index is 14.1. The van der Waals surface area contributed by atoms with Crippen LogP contribution in [0.5, 0.6) is 0 Å². The first-order valence-electron chi connectivity index (χ1n) is 7.44. The van der Waals surface area contributed by atoms with Gasteiger partial charge < -0.3 is 5.32 Å². The van der Waals surface area contributed by atoms with Crippen LogP contribution in [0.4, 0.5) is 4.39 Å². The monoisotopic (exact) mass is 347 g/mol. The zero-order valence-electron chi connectivity index (χ0n) is 11.9. The summed E-state index contributed by atoms with van der Waals surface area (Å²) in [5.74, 6) is 0.0742. The molecule has 1 nitrogen and oxygen atoms in total. The Balaban J connectivity index is 1.77. The molecule has 1 aliphatic carbocycles. The second-order valence-electron chi connectivity index (χ2n) is 5.73. The van der Waals surface area contributed by atoms with Crippen molar-refractivity contribution in [2.45, 2.75) is 31.2 Å². The summed E-state index contributed by atoms with van der Waals surface area (Å²) in [5, 5.41) is 3.54. The van der Waals surface area contributed by atoms with Gasteiger partial charge in [0.2, 0.25) is 0 Å². The van der Waals surface area contributed by atoms with Crippen LogP contribution < -0.4 is 5.32 Å². The number of hydrogen-bond acceptors (Lipinski definition) is 1. The standard InChI is InChI=1S/C18H19BrFN/c19-15-7-5-13(6-8-15)11-14(12-21-16-9-10-16)17-3-1-2-4-18(17)20/h1-8,14,16,21H,9-12H2. The topological polar surface area (TPSA) is 12.0 Å². The van der Waals surface area contributed by atoms with Crippen molar-refractivity contribution in [3.63, 3.8) is 0 Å². The summed E-state index contributed by atoms with van der Waals surface area (Å²) >= 11 is 3.45. The number of hydrogen-bond donors (Lipinski definition) is 1. The van der Waals surface area contributed by atoms with Gasteiger partial charge in [-0.3, -0.25) is 0 Å². The first-order chi connectivity index (χ1) is 10.2. The Kier molecular flexibility index (Phi) is 4.71. The van der Waals surface area contributed by atoms with Crippen molar-refractivity contribution in [3.05, 3.63) is 69.9 Å². The van der Waals surface area contributed by atoms with Crippen molar-refractivity contribution < 1.29 is 4.39 Å². The highest BCUT2D eigenvalue weighted by Crippen LogP contribution is 2.26. The van der Waals surface area contributed by atoms with E-state index in [0.717, 1.165) is 23.0 Å². The third-order valence-electron chi connectivity index (χ3n) is 3.97. The molecule has 1 N–H and O–H groups in total. The molecule has 0 saturated heterocycles. The molecule has 1 fully saturated rings. The van der Waals surface area contributed by atoms with Gasteiger partial charge in [0, 0.05) is 23.0 Å². The summed E-state index contributed by atoms with van der Waals surface area (Å²) in [7, 11) is 0. The van der Waals surface area contributed by atoms with Crippen molar-refractivity contribution >= 4 is 15.9 Å². The van der Waals surface area contributed by atoms with Crippen LogP contribution in [0.15, 0.2) is 53.0 Å². The summed E-state index contributed by atoms with van der Waals surface area (Å²) in [6.45, 7) is 0.835. The number of benzene rings is 2. The van der Waals surface area contributed by atoms with Crippen molar-refractivity contribution in [2.24, 2.45) is 0 Å². The first-order valence-corrected chi connectivity index (χ1v) is 8.24. The fourth-order valence-electron chi connectivity index (χ4n) is 2.60. The molecule has 0 radical (unpaired) electrons. The Hall–Kier alpha value is -1.19. The number of nitrogens with one attached hydrogen (secondary N) is 1. The first kappa shape index (κ1) is 14.7. The molecule has 2 aromatic carbocycles. The summed E-state index contributed by atoms with van der Waals surface area (Å²) in [6, 6.07) is 16.1. The van der Waals surface area contributed by atoms with Crippen LogP contribution in [0.1, 0.15) is 29.9 Å². The lowest BCUT2D eigenvalue weighted by Gasteiger charge is -2.19. The van der Waals surface area contributed by atoms with Gasteiger partial charge in [-0.15, -0.1) is 0 Å². The Morgan fingerprint density at radius 3 is 2.48 bits per heavy atom. The van der Waals surface area contributed by atoms with E-state index in [1.54, 1.807) is 12.1 Å². The zero-order valence-corrected chi connectivity index (χ0v) is 13.4. The molecule has 1 saturated carbocycles. The maximum Gasteiger partial charge on any atom is 0.126 e. The Labute approximate surface area is 133 Å². The Bertz CT molecular complexity index is 592. The summed E-state index contributed by atoms with van der Waals surface area (Å²) < 4.78 is 15.2. The minimum atomic E-state index is -0.0998. The van der Waals surface area contributed by atoms with Gasteiger partial charge in [-0.2, -0.15) is 0 Å². The highest BCUT2D eigenvalue weighted by atomic mass is 79.9. The molecule has 0 heterocycles. The second kappa shape index (κ2) is 6.71. The van der Waals surface area contributed by atoms with Crippen molar-refractivity contribution in [2.75, 3.05) is 6.54 Å². The molecular formula is C18H19BrFN. The molecule has 2 aromatic rings. The molecule has 3 rings (SSSR count). The summed E-state index contributed by atoms with van der Waals surface area (Å²) in [6.07, 6.45) is 3.36. The molecule has 1 unspecified atom stereocenters. The van der Waals surface area contributed by atoms with Crippen LogP contribution in [-0.4, -0.2) is 12.6 Å². The highest BCUT2D eigenvalue weighted by molar-refractivity contribution is 9.10. The van der Waals surface area contributed by atoms with E-state index in [2.05, 4.69) is 33.4 Å². The molecule has 0 bridgehead atoms. The summed E-state index contributed by atoms with van der Waals surface area (Å²) in [5.41, 5.74) is 2.05. The number of halogens is 2. The van der Waals surface area contributed by atoms with E-state index >= 15 is 0 Å². The van der Waals surface area contributed by atoms with Gasteiger partial charge in [0.25, 0.3) is 0 Å². The Morgan fingerprint density at radius 1 is 1.10 bits per heavy atom. The molecule has 0 amide bonds. The van der Waals surface area contributed by atoms with Gasteiger partial charge in [-0.25, -0.2) is 4.39 Å². The third-order valence-corrected chi connectivity index (χ3v) is 4.50. The van der Waals surface area contributed by atoms with Gasteiger partial charge >= 0.3 is 0 Å². The summed E-state index contributed by atoms with van der Waals surface area (Å²) in [4.78, 5) is 0. The molecule has 110 valence electrons. The van der Waals surface area contributed by atoms with Crippen LogP contribution in [0, 0.1) is 5.82 Å². The normalized spacial score (nSPS) is 15.9. The number of rotatable bonds is 6. The Morgan fingerprint density at radius 2 is 1.81 bits per heavy atom. The fraction of sp³-hybridized carbons (Fsp3) is 0.333. The molecule has 0 aromatic heterocycles. The van der Waals surface area contributed by atoms with Gasteiger partial charge in [-0.1, -0.05) is 46.3 Å². The van der Waals surface area contributed by atoms with Gasteiger partial charge in [0.05, 0.1) is 0 Å². The quantitative estimate of drug-likeness (QED) is 0.800. The molecule has 0 spiro atoms. The minimum absolute atomic E-state index is 0.0998. The van der Waals surface area contributed by atoms with Crippen molar-refractivity contribution in [1.82, 2.24) is 5.32 Å². The van der Waals surface area contributed by atoms with Crippen LogP contribution in [0.3, 0.4) is 0 Å². The maximum atomic E-state index is 14.1. The van der Waals surface area contributed by atoms with Crippen LogP contribution in [0.2, 0.25) is 0 Å². The predicted molar refractivity (Wildman–Crippen MR) is 88.0 cm³/mol. The van der Waals surface area contributed by atoms with Gasteiger partial charge in [0.15, 0.2) is 0 Å². The molecular weight excluding hydrogens is 329 g/mol. The van der Waals surface area contributed by atoms with E-state index in [9.17, 15) is 4.39 Å². The van der Waals surface area contributed by atoms with E-state index in [4.69, 9.17) is 0 Å². The lowest BCUT2D eigenvalue weighted by Crippen LogP contribution is -2.25. The highest BCUT2D eigenvalue weighted by Gasteiger charge is 2.23. The van der Waals surface area contributed by atoms with Crippen molar-refractivity contribution in [1.29, 1.82) is 0 Å². The molecule has 1 aliphatic rings. The molecule has 0 aliphatic heterocycles. The van der Waals surface area contributed by atoms with Crippen molar-refractivity contribution in [3.8, 4) is 0 Å². The van der Waals surface area contributed by atoms with E-state index in [0.29, 0.717) is 6.04 Å². The van der Waals surface area contributed by atoms with E-state index in [1.807, 2.05) is 24.3 Å². The van der Waals surface area contributed by atoms with Crippen LogP contribution in [-0.2, 0) is 6.42 Å². The average molecular weight is 348 g/mol. The SMILES string of the molecule is Fc1ccccc1C(CNC1CC1)Cc1ccc(Br)cc1. The van der Waals surface area contributed by atoms with Gasteiger partial charge in [-0.05, 0) is 48.6 Å². The lowest BCUT2D eigenvalue weighted by molar-refractivity contribution is 0.536. The lowest BCUT2D eigenvalue weighted by atomic mass is 9.91. The average Bonchev–Trinajstić information content (AvgIpc) is 3.30. The van der Waals surface area contributed by atoms with Crippen LogP contribution in [0.25, 0.3) is 0 Å². The smallest absolute Gasteiger partial charge is 0.126 e. The molecule has 1 atom stereocenters. The van der Waals surface area contributed by atoms with Crippen LogP contribution >= 0.6 is 15.9 Å². The molecule has 3 heteroatoms. The largest absolute Gasteiger partial charge is 0.313 e. The van der Waals surface area contributed by atoms with E-state index in [-0.39, 0.29) is 11.7 Å². The third kappa shape index (κ3) is 4.14. The van der Waals surface area contributed by atoms with E-state index in [1.165, 1.54) is 18.4 Å². The second-order valence-corrected chi connectivity index (χ2v) is 6.65. The zero-order chi connectivity index (χ0) is 14.7. The van der Waals surface area contributed by atoms with Gasteiger partial charge in [0.1, 0.15) is 5.82 Å². The molecule has 21 heavy (non-hydrogen) atoms. The predicted octanol–water partition coefficient (Wildman–Crippen LogP) is 4.67. The van der Waals surface area contributed by atoms with E-state index < -0.39 is 0 Å².